The molecule has 3 rings (SSSR count). The molecule has 1 unspecified atom stereocenters. The third-order valence-corrected chi connectivity index (χ3v) is 3.15. The third kappa shape index (κ3) is 1.88. The maximum atomic E-state index is 4.57. The summed E-state index contributed by atoms with van der Waals surface area (Å²) in [5, 5.41) is 9.13. The van der Waals surface area contributed by atoms with Crippen LogP contribution in [0.2, 0.25) is 0 Å². The van der Waals surface area contributed by atoms with Crippen molar-refractivity contribution in [2.24, 2.45) is 0 Å². The van der Waals surface area contributed by atoms with Gasteiger partial charge in [-0.3, -0.25) is 0 Å². The van der Waals surface area contributed by atoms with Crippen molar-refractivity contribution in [3.05, 3.63) is 60.2 Å². The van der Waals surface area contributed by atoms with Crippen molar-refractivity contribution >= 4 is 11.0 Å². The van der Waals surface area contributed by atoms with E-state index >= 15 is 0 Å². The molecule has 0 radical (unpaired) electrons. The van der Waals surface area contributed by atoms with Crippen molar-refractivity contribution in [2.75, 3.05) is 0 Å². The molecule has 3 aromatic rings. The first-order valence-corrected chi connectivity index (χ1v) is 6.25. The van der Waals surface area contributed by atoms with E-state index in [0.717, 1.165) is 17.5 Å². The molecule has 0 saturated carbocycles. The third-order valence-electron chi connectivity index (χ3n) is 3.15. The van der Waals surface area contributed by atoms with Gasteiger partial charge in [0.2, 0.25) is 0 Å². The largest absolute Gasteiger partial charge is 0.176 e. The van der Waals surface area contributed by atoms with Gasteiger partial charge in [-0.1, -0.05) is 49.4 Å². The van der Waals surface area contributed by atoms with Crippen LogP contribution in [0, 0.1) is 0 Å². The first-order chi connectivity index (χ1) is 8.88. The number of hydrogen-bond donors (Lipinski definition) is 0. The summed E-state index contributed by atoms with van der Waals surface area (Å²) in [6.45, 7) is 2.16. The molecule has 0 fully saturated rings. The quantitative estimate of drug-likeness (QED) is 0.698. The van der Waals surface area contributed by atoms with E-state index in [2.05, 4.69) is 41.4 Å². The molecule has 90 valence electrons. The van der Waals surface area contributed by atoms with Gasteiger partial charge in [-0.15, -0.1) is 0 Å². The van der Waals surface area contributed by atoms with Crippen molar-refractivity contribution < 1.29 is 0 Å². The molecule has 0 amide bonds. The second kappa shape index (κ2) is 4.61. The number of benzene rings is 2. The van der Waals surface area contributed by atoms with E-state index in [0.29, 0.717) is 0 Å². The Morgan fingerprint density at radius 1 is 0.889 bits per heavy atom. The van der Waals surface area contributed by atoms with Crippen LogP contribution in [0.3, 0.4) is 0 Å². The fourth-order valence-corrected chi connectivity index (χ4v) is 2.22. The second-order valence-electron chi connectivity index (χ2n) is 4.34. The van der Waals surface area contributed by atoms with Crippen molar-refractivity contribution in [3.63, 3.8) is 0 Å². The summed E-state index contributed by atoms with van der Waals surface area (Å²) in [6.07, 6.45) is 0.977. The van der Waals surface area contributed by atoms with Crippen molar-refractivity contribution in [1.82, 2.24) is 15.0 Å². The molecule has 1 aromatic heterocycles. The predicted octanol–water partition coefficient (Wildman–Crippen LogP) is 3.43. The van der Waals surface area contributed by atoms with Gasteiger partial charge in [-0.2, -0.15) is 15.0 Å². The van der Waals surface area contributed by atoms with E-state index in [1.165, 1.54) is 5.56 Å². The molecule has 3 nitrogen and oxygen atoms in total. The van der Waals surface area contributed by atoms with Crippen LogP contribution in [0.1, 0.15) is 24.9 Å². The molecule has 0 bridgehead atoms. The summed E-state index contributed by atoms with van der Waals surface area (Å²) >= 11 is 0. The normalized spacial score (nSPS) is 12.7. The summed E-state index contributed by atoms with van der Waals surface area (Å²) in [4.78, 5) is 1.83. The van der Waals surface area contributed by atoms with Crippen LogP contribution in [-0.4, -0.2) is 15.0 Å². The molecule has 1 atom stereocenters. The van der Waals surface area contributed by atoms with Crippen LogP contribution in [0.4, 0.5) is 0 Å². The van der Waals surface area contributed by atoms with Crippen molar-refractivity contribution in [3.8, 4) is 0 Å². The smallest absolute Gasteiger partial charge is 0.113 e. The molecular weight excluding hydrogens is 222 g/mol. The summed E-state index contributed by atoms with van der Waals surface area (Å²) in [5.74, 6) is 0. The van der Waals surface area contributed by atoms with Crippen LogP contribution in [0.25, 0.3) is 11.0 Å². The monoisotopic (exact) mass is 237 g/mol. The number of hydrogen-bond acceptors (Lipinski definition) is 2. The highest BCUT2D eigenvalue weighted by atomic mass is 15.5. The van der Waals surface area contributed by atoms with E-state index in [9.17, 15) is 0 Å². The summed E-state index contributed by atoms with van der Waals surface area (Å²) < 4.78 is 0. The van der Waals surface area contributed by atoms with Crippen LogP contribution >= 0.6 is 0 Å². The van der Waals surface area contributed by atoms with Gasteiger partial charge in [0.25, 0.3) is 0 Å². The molecule has 0 spiro atoms. The van der Waals surface area contributed by atoms with Gasteiger partial charge in [0.05, 0.1) is 6.04 Å². The Balaban J connectivity index is 2.06. The van der Waals surface area contributed by atoms with E-state index in [-0.39, 0.29) is 6.04 Å². The highest BCUT2D eigenvalue weighted by molar-refractivity contribution is 5.73. The van der Waals surface area contributed by atoms with Gasteiger partial charge >= 0.3 is 0 Å². The van der Waals surface area contributed by atoms with Gasteiger partial charge in [0.1, 0.15) is 11.0 Å². The lowest BCUT2D eigenvalue weighted by atomic mass is 10.1. The average molecular weight is 237 g/mol. The van der Waals surface area contributed by atoms with Gasteiger partial charge < -0.3 is 0 Å². The molecule has 3 heteroatoms. The number of aromatic nitrogens is 3. The molecule has 0 aliphatic carbocycles. The highest BCUT2D eigenvalue weighted by Gasteiger charge is 2.14. The minimum absolute atomic E-state index is 0.207. The maximum Gasteiger partial charge on any atom is 0.113 e. The van der Waals surface area contributed by atoms with Gasteiger partial charge in [0, 0.05) is 0 Å². The lowest BCUT2D eigenvalue weighted by Gasteiger charge is -2.13. The van der Waals surface area contributed by atoms with E-state index < -0.39 is 0 Å². The Morgan fingerprint density at radius 3 is 2.00 bits per heavy atom. The fraction of sp³-hybridized carbons (Fsp3) is 0.200. The summed E-state index contributed by atoms with van der Waals surface area (Å²) in [7, 11) is 0. The minimum atomic E-state index is 0.207. The average Bonchev–Trinajstić information content (AvgIpc) is 2.84. The molecule has 18 heavy (non-hydrogen) atoms. The summed E-state index contributed by atoms with van der Waals surface area (Å²) in [6, 6.07) is 18.6. The van der Waals surface area contributed by atoms with Crippen LogP contribution in [0.15, 0.2) is 54.6 Å². The Bertz CT molecular complexity index is 610. The van der Waals surface area contributed by atoms with E-state index in [4.69, 9.17) is 0 Å². The second-order valence-corrected chi connectivity index (χ2v) is 4.34. The predicted molar refractivity (Wildman–Crippen MR) is 72.4 cm³/mol. The van der Waals surface area contributed by atoms with Gasteiger partial charge in [-0.25, -0.2) is 0 Å². The summed E-state index contributed by atoms with van der Waals surface area (Å²) in [5.41, 5.74) is 3.15. The Labute approximate surface area is 106 Å². The number of rotatable bonds is 3. The first kappa shape index (κ1) is 11.0. The van der Waals surface area contributed by atoms with E-state index in [1.54, 1.807) is 0 Å². The van der Waals surface area contributed by atoms with E-state index in [1.807, 2.05) is 35.1 Å². The molecule has 2 aromatic carbocycles. The lowest BCUT2D eigenvalue weighted by molar-refractivity contribution is 0.455. The minimum Gasteiger partial charge on any atom is -0.176 e. The van der Waals surface area contributed by atoms with Crippen molar-refractivity contribution in [1.29, 1.82) is 0 Å². The Kier molecular flexibility index (Phi) is 2.81. The maximum absolute atomic E-state index is 4.57. The van der Waals surface area contributed by atoms with Crippen molar-refractivity contribution in [2.45, 2.75) is 19.4 Å². The Morgan fingerprint density at radius 2 is 1.44 bits per heavy atom. The standard InChI is InChI=1S/C15H15N3/c1-2-15(12-8-4-3-5-9-12)18-16-13-10-6-7-11-14(13)17-18/h3-11,15H,2H2,1H3. The molecule has 0 aliphatic heterocycles. The molecular formula is C15H15N3. The fourth-order valence-electron chi connectivity index (χ4n) is 2.22. The lowest BCUT2D eigenvalue weighted by Crippen LogP contribution is -2.12. The first-order valence-electron chi connectivity index (χ1n) is 6.25. The van der Waals surface area contributed by atoms with Gasteiger partial charge in [0.15, 0.2) is 0 Å². The molecule has 0 N–H and O–H groups in total. The highest BCUT2D eigenvalue weighted by Crippen LogP contribution is 2.21. The molecule has 1 heterocycles. The zero-order chi connectivity index (χ0) is 12.4. The zero-order valence-corrected chi connectivity index (χ0v) is 10.3. The van der Waals surface area contributed by atoms with Gasteiger partial charge in [-0.05, 0) is 24.1 Å². The number of fused-ring (bicyclic) bond motifs is 1. The Hall–Kier alpha value is -2.16. The number of nitrogens with zero attached hydrogens (tertiary/aromatic N) is 3. The molecule has 0 aliphatic rings. The SMILES string of the molecule is CCC(c1ccccc1)n1nc2ccccc2n1. The van der Waals surface area contributed by atoms with Crippen LogP contribution < -0.4 is 0 Å². The molecule has 0 saturated heterocycles. The zero-order valence-electron chi connectivity index (χ0n) is 10.3. The topological polar surface area (TPSA) is 30.7 Å². The van der Waals surface area contributed by atoms with Crippen LogP contribution in [0.5, 0.6) is 0 Å². The van der Waals surface area contributed by atoms with Crippen LogP contribution in [-0.2, 0) is 0 Å².